The lowest BCUT2D eigenvalue weighted by molar-refractivity contribution is -0.125. The average Bonchev–Trinajstić information content (AvgIpc) is 3.44. The van der Waals surface area contributed by atoms with Gasteiger partial charge >= 0.3 is 0 Å². The second-order valence-electron chi connectivity index (χ2n) is 6.97. The average molecular weight is 380 g/mol. The Morgan fingerprint density at radius 2 is 2.04 bits per heavy atom. The molecule has 0 aliphatic carbocycles. The van der Waals surface area contributed by atoms with E-state index in [0.29, 0.717) is 13.0 Å². The molecule has 0 spiro atoms. The lowest BCUT2D eigenvalue weighted by Crippen LogP contribution is -2.45. The molecule has 2 aliphatic heterocycles. The first-order valence-electron chi connectivity index (χ1n) is 9.31. The molecule has 3 aromatic rings. The van der Waals surface area contributed by atoms with E-state index in [1.807, 2.05) is 48.5 Å². The summed E-state index contributed by atoms with van der Waals surface area (Å²) in [7, 11) is 0. The number of thiazole rings is 1. The third-order valence-electron chi connectivity index (χ3n) is 5.11. The summed E-state index contributed by atoms with van der Waals surface area (Å²) >= 11 is 1.54. The lowest BCUT2D eigenvalue weighted by atomic mass is 10.1. The molecule has 5 nitrogen and oxygen atoms in total. The number of benzene rings is 2. The summed E-state index contributed by atoms with van der Waals surface area (Å²) in [5.41, 5.74) is 2.00. The Labute approximate surface area is 161 Å². The topological polar surface area (TPSA) is 51.7 Å². The number of hydrogen-bond donors (Lipinski definition) is 0. The standard InChI is InChI=1S/C21H20N2O3S/c24-20(18-12-14-6-1-3-9-17(14)26-18)23(13-15-7-5-11-25-15)21-22-16-8-2-4-10-19(16)27-21/h1-4,6,8-10,15,18H,5,7,11-13H2/t15-,18-/m1/s1. The van der Waals surface area contributed by atoms with E-state index in [-0.39, 0.29) is 12.0 Å². The largest absolute Gasteiger partial charge is 0.480 e. The van der Waals surface area contributed by atoms with E-state index in [1.54, 1.807) is 16.2 Å². The number of ether oxygens (including phenoxy) is 2. The van der Waals surface area contributed by atoms with Gasteiger partial charge in [0.2, 0.25) is 0 Å². The molecule has 3 heterocycles. The fourth-order valence-corrected chi connectivity index (χ4v) is 4.70. The quantitative estimate of drug-likeness (QED) is 0.691. The van der Waals surface area contributed by atoms with Crippen molar-refractivity contribution in [3.63, 3.8) is 0 Å². The molecule has 6 heteroatoms. The first-order valence-corrected chi connectivity index (χ1v) is 10.1. The predicted octanol–water partition coefficient (Wildman–Crippen LogP) is 3.81. The molecule has 1 saturated heterocycles. The number of hydrogen-bond acceptors (Lipinski definition) is 5. The molecule has 2 aromatic carbocycles. The van der Waals surface area contributed by atoms with Crippen LogP contribution in [-0.4, -0.2) is 36.3 Å². The normalized spacial score (nSPS) is 21.2. The maximum absolute atomic E-state index is 13.4. The highest BCUT2D eigenvalue weighted by Gasteiger charge is 2.35. The fourth-order valence-electron chi connectivity index (χ4n) is 3.72. The number of fused-ring (bicyclic) bond motifs is 2. The molecule has 0 unspecified atom stereocenters. The first-order chi connectivity index (χ1) is 13.3. The third kappa shape index (κ3) is 3.19. The Kier molecular flexibility index (Phi) is 4.30. The number of aromatic nitrogens is 1. The molecule has 138 valence electrons. The number of rotatable bonds is 4. The number of carbonyl (C=O) groups is 1. The summed E-state index contributed by atoms with van der Waals surface area (Å²) in [5.74, 6) is 0.762. The predicted molar refractivity (Wildman–Crippen MR) is 106 cm³/mol. The molecule has 5 rings (SSSR count). The first kappa shape index (κ1) is 16.7. The minimum atomic E-state index is -0.504. The Balaban J connectivity index is 1.45. The van der Waals surface area contributed by atoms with Crippen LogP contribution in [0.1, 0.15) is 18.4 Å². The van der Waals surface area contributed by atoms with E-state index in [2.05, 4.69) is 0 Å². The second-order valence-corrected chi connectivity index (χ2v) is 7.98. The highest BCUT2D eigenvalue weighted by atomic mass is 32.1. The minimum absolute atomic E-state index is 0.0410. The molecule has 0 saturated carbocycles. The van der Waals surface area contributed by atoms with E-state index in [9.17, 15) is 4.79 Å². The zero-order chi connectivity index (χ0) is 18.2. The smallest absolute Gasteiger partial charge is 0.270 e. The van der Waals surface area contributed by atoms with Crippen molar-refractivity contribution in [1.82, 2.24) is 4.98 Å². The number of nitrogens with zero attached hydrogens (tertiary/aromatic N) is 2. The molecular formula is C21H20N2O3S. The van der Waals surface area contributed by atoms with E-state index >= 15 is 0 Å². The van der Waals surface area contributed by atoms with Gasteiger partial charge < -0.3 is 9.47 Å². The van der Waals surface area contributed by atoms with Crippen molar-refractivity contribution in [2.45, 2.75) is 31.5 Å². The van der Waals surface area contributed by atoms with Crippen LogP contribution in [-0.2, 0) is 16.0 Å². The Bertz CT molecular complexity index is 922. The summed E-state index contributed by atoms with van der Waals surface area (Å²) in [5, 5.41) is 0.719. The second kappa shape index (κ2) is 6.94. The highest BCUT2D eigenvalue weighted by Crippen LogP contribution is 2.33. The summed E-state index contributed by atoms with van der Waals surface area (Å²) in [6.45, 7) is 1.28. The zero-order valence-corrected chi connectivity index (χ0v) is 15.7. The van der Waals surface area contributed by atoms with Gasteiger partial charge in [0.25, 0.3) is 5.91 Å². The van der Waals surface area contributed by atoms with Crippen LogP contribution in [0.25, 0.3) is 10.2 Å². The van der Waals surface area contributed by atoms with Crippen LogP contribution in [0.3, 0.4) is 0 Å². The van der Waals surface area contributed by atoms with Crippen molar-refractivity contribution < 1.29 is 14.3 Å². The highest BCUT2D eigenvalue weighted by molar-refractivity contribution is 7.22. The van der Waals surface area contributed by atoms with Crippen LogP contribution >= 0.6 is 11.3 Å². The summed E-state index contributed by atoms with van der Waals surface area (Å²) in [6, 6.07) is 15.8. The molecule has 0 radical (unpaired) electrons. The van der Waals surface area contributed by atoms with Crippen LogP contribution < -0.4 is 9.64 Å². The molecule has 27 heavy (non-hydrogen) atoms. The molecule has 0 N–H and O–H groups in total. The zero-order valence-electron chi connectivity index (χ0n) is 14.8. The Hall–Kier alpha value is -2.44. The Morgan fingerprint density at radius 1 is 1.19 bits per heavy atom. The minimum Gasteiger partial charge on any atom is -0.480 e. The van der Waals surface area contributed by atoms with Gasteiger partial charge in [-0.2, -0.15) is 0 Å². The summed E-state index contributed by atoms with van der Waals surface area (Å²) in [4.78, 5) is 19.9. The molecule has 2 atom stereocenters. The van der Waals surface area contributed by atoms with Gasteiger partial charge in [-0.05, 0) is 36.6 Å². The van der Waals surface area contributed by atoms with E-state index in [1.165, 1.54) is 0 Å². The van der Waals surface area contributed by atoms with Crippen LogP contribution in [0, 0.1) is 0 Å². The van der Waals surface area contributed by atoms with Gasteiger partial charge in [0, 0.05) is 13.0 Å². The number of anilines is 1. The van der Waals surface area contributed by atoms with E-state index in [4.69, 9.17) is 14.5 Å². The maximum Gasteiger partial charge on any atom is 0.270 e. The van der Waals surface area contributed by atoms with Crippen LogP contribution in [0.4, 0.5) is 5.13 Å². The van der Waals surface area contributed by atoms with E-state index in [0.717, 1.165) is 46.1 Å². The van der Waals surface area contributed by atoms with Gasteiger partial charge in [-0.1, -0.05) is 41.7 Å². The van der Waals surface area contributed by atoms with Crippen molar-refractivity contribution in [2.24, 2.45) is 0 Å². The summed E-state index contributed by atoms with van der Waals surface area (Å²) < 4.78 is 12.8. The molecule has 1 fully saturated rings. The summed E-state index contributed by atoms with van der Waals surface area (Å²) in [6.07, 6.45) is 2.17. The Morgan fingerprint density at radius 3 is 2.85 bits per heavy atom. The van der Waals surface area contributed by atoms with Crippen molar-refractivity contribution >= 4 is 32.6 Å². The lowest BCUT2D eigenvalue weighted by Gasteiger charge is -2.25. The number of para-hydroxylation sites is 2. The van der Waals surface area contributed by atoms with Gasteiger partial charge in [-0.3, -0.25) is 9.69 Å². The molecule has 0 bridgehead atoms. The van der Waals surface area contributed by atoms with Crippen LogP contribution in [0.2, 0.25) is 0 Å². The maximum atomic E-state index is 13.4. The van der Waals surface area contributed by atoms with Crippen molar-refractivity contribution in [3.8, 4) is 5.75 Å². The molecular weight excluding hydrogens is 360 g/mol. The molecule has 2 aliphatic rings. The van der Waals surface area contributed by atoms with Crippen LogP contribution in [0.15, 0.2) is 48.5 Å². The van der Waals surface area contributed by atoms with Gasteiger partial charge in [0.15, 0.2) is 11.2 Å². The molecule has 1 amide bonds. The number of amides is 1. The SMILES string of the molecule is O=C([C@H]1Cc2ccccc2O1)N(C[C@H]1CCCO1)c1nc2ccccc2s1. The third-order valence-corrected chi connectivity index (χ3v) is 6.17. The van der Waals surface area contributed by atoms with Gasteiger partial charge in [0.05, 0.1) is 22.9 Å². The van der Waals surface area contributed by atoms with Crippen molar-refractivity contribution in [2.75, 3.05) is 18.1 Å². The van der Waals surface area contributed by atoms with Crippen molar-refractivity contribution in [3.05, 3.63) is 54.1 Å². The van der Waals surface area contributed by atoms with Gasteiger partial charge in [0.1, 0.15) is 5.75 Å². The van der Waals surface area contributed by atoms with E-state index < -0.39 is 6.10 Å². The van der Waals surface area contributed by atoms with Crippen LogP contribution in [0.5, 0.6) is 5.75 Å². The number of carbonyl (C=O) groups excluding carboxylic acids is 1. The van der Waals surface area contributed by atoms with Gasteiger partial charge in [-0.25, -0.2) is 4.98 Å². The monoisotopic (exact) mass is 380 g/mol. The van der Waals surface area contributed by atoms with Gasteiger partial charge in [-0.15, -0.1) is 0 Å². The molecule has 1 aromatic heterocycles. The fraction of sp³-hybridized carbons (Fsp3) is 0.333. The van der Waals surface area contributed by atoms with Crippen molar-refractivity contribution in [1.29, 1.82) is 0 Å².